The van der Waals surface area contributed by atoms with Gasteiger partial charge < -0.3 is 20.7 Å². The van der Waals surface area contributed by atoms with E-state index in [9.17, 15) is 14.4 Å². The first kappa shape index (κ1) is 29.1. The van der Waals surface area contributed by atoms with E-state index < -0.39 is 5.91 Å². The lowest BCUT2D eigenvalue weighted by Gasteiger charge is -2.13. The number of hydrogen-bond acceptors (Lipinski definition) is 8. The maximum absolute atomic E-state index is 13.2. The summed E-state index contributed by atoms with van der Waals surface area (Å²) in [4.78, 5) is 44.1. The van der Waals surface area contributed by atoms with Gasteiger partial charge in [-0.05, 0) is 90.0 Å². The van der Waals surface area contributed by atoms with Gasteiger partial charge in [-0.2, -0.15) is 11.3 Å². The van der Waals surface area contributed by atoms with E-state index in [2.05, 4.69) is 20.9 Å². The number of thiophene rings is 1. The van der Waals surface area contributed by atoms with Gasteiger partial charge in [0.1, 0.15) is 11.4 Å². The molecule has 42 heavy (non-hydrogen) atoms. The molecule has 0 fully saturated rings. The highest BCUT2D eigenvalue weighted by Gasteiger charge is 2.18. The number of ether oxygens (including phenoxy) is 1. The van der Waals surface area contributed by atoms with E-state index in [0.29, 0.717) is 16.4 Å². The number of aromatic nitrogens is 1. The zero-order chi connectivity index (χ0) is 29.5. The molecule has 0 bridgehead atoms. The van der Waals surface area contributed by atoms with Crippen molar-refractivity contribution in [3.8, 4) is 5.75 Å². The van der Waals surface area contributed by atoms with Crippen LogP contribution in [-0.2, 0) is 9.59 Å². The van der Waals surface area contributed by atoms with Crippen LogP contribution in [0.5, 0.6) is 5.75 Å². The minimum absolute atomic E-state index is 0.124. The minimum atomic E-state index is -0.452. The second-order valence-corrected chi connectivity index (χ2v) is 12.2. The molecule has 3 N–H and O–H groups in total. The first-order chi connectivity index (χ1) is 20.4. The number of amides is 3. The number of thiazole rings is 1. The Bertz CT molecular complexity index is 1730. The van der Waals surface area contributed by atoms with Crippen molar-refractivity contribution < 1.29 is 19.1 Å². The number of benzene rings is 3. The predicted octanol–water partition coefficient (Wildman–Crippen LogP) is 6.90. The van der Waals surface area contributed by atoms with Gasteiger partial charge in [-0.1, -0.05) is 29.5 Å². The van der Waals surface area contributed by atoms with Crippen LogP contribution in [-0.4, -0.2) is 35.1 Å². The summed E-state index contributed by atoms with van der Waals surface area (Å²) in [6.07, 6.45) is 1.64. The number of carbonyl (C=O) groups is 3. The first-order valence-electron chi connectivity index (χ1n) is 12.8. The van der Waals surface area contributed by atoms with Crippen molar-refractivity contribution in [2.75, 3.05) is 17.7 Å². The van der Waals surface area contributed by atoms with E-state index in [4.69, 9.17) is 4.74 Å². The molecule has 0 aliphatic carbocycles. The molecule has 8 nitrogen and oxygen atoms in total. The van der Waals surface area contributed by atoms with Gasteiger partial charge in [-0.3, -0.25) is 14.4 Å². The van der Waals surface area contributed by atoms with Crippen LogP contribution < -0.4 is 20.7 Å². The molecule has 3 aromatic carbocycles. The molecule has 2 heterocycles. The number of hydrogen-bond donors (Lipinski definition) is 3. The van der Waals surface area contributed by atoms with Gasteiger partial charge in [0.15, 0.2) is 5.13 Å². The lowest BCUT2D eigenvalue weighted by Crippen LogP contribution is -2.30. The van der Waals surface area contributed by atoms with Crippen molar-refractivity contribution in [3.05, 3.63) is 106 Å². The number of anilines is 2. The molecule has 0 aliphatic rings. The zero-order valence-electron chi connectivity index (χ0n) is 22.6. The molecule has 5 aromatic rings. The summed E-state index contributed by atoms with van der Waals surface area (Å²) in [5.74, 6) is -0.260. The maximum atomic E-state index is 13.2. The van der Waals surface area contributed by atoms with Crippen LogP contribution in [0, 0.1) is 0 Å². The third-order valence-electron chi connectivity index (χ3n) is 6.00. The van der Waals surface area contributed by atoms with Crippen LogP contribution in [0.3, 0.4) is 0 Å². The van der Waals surface area contributed by atoms with Crippen LogP contribution >= 0.6 is 34.4 Å². The molecule has 2 aromatic heterocycles. The van der Waals surface area contributed by atoms with Crippen LogP contribution in [0.1, 0.15) is 22.8 Å². The molecule has 0 saturated carbocycles. The minimum Gasteiger partial charge on any atom is -0.497 e. The Morgan fingerprint density at radius 2 is 1.76 bits per heavy atom. The topological polar surface area (TPSA) is 109 Å². The predicted molar refractivity (Wildman–Crippen MR) is 171 cm³/mol. The number of carbonyl (C=O) groups excluding carboxylic acids is 3. The summed E-state index contributed by atoms with van der Waals surface area (Å²) in [7, 11) is 1.61. The van der Waals surface area contributed by atoms with Crippen molar-refractivity contribution in [3.63, 3.8) is 0 Å². The standard InChI is InChI=1S/C31H26N4O4S3/c1-19(28(36)35-31-34-25-13-10-23(39-2)17-27(25)42-31)41-24-11-8-22(9-12-24)32-30(38)26(16-20-14-15-40-18-20)33-29(37)21-6-4-3-5-7-21/h3-19H,1-2H3,(H,32,38)(H,33,37)(H,34,35,36)/b26-16-. The molecule has 11 heteroatoms. The molecular formula is C31H26N4O4S3. The number of methoxy groups -OCH3 is 1. The highest BCUT2D eigenvalue weighted by Crippen LogP contribution is 2.31. The van der Waals surface area contributed by atoms with Crippen molar-refractivity contribution in [2.45, 2.75) is 17.1 Å². The zero-order valence-corrected chi connectivity index (χ0v) is 25.1. The summed E-state index contributed by atoms with van der Waals surface area (Å²) in [5.41, 5.74) is 2.73. The fourth-order valence-corrected chi connectivity index (χ4v) is 6.21. The second-order valence-electron chi connectivity index (χ2n) is 9.02. The largest absolute Gasteiger partial charge is 0.497 e. The van der Waals surface area contributed by atoms with Crippen molar-refractivity contribution in [1.82, 2.24) is 10.3 Å². The van der Waals surface area contributed by atoms with Crippen LogP contribution in [0.4, 0.5) is 10.8 Å². The number of nitrogens with zero attached hydrogens (tertiary/aromatic N) is 1. The van der Waals surface area contributed by atoms with E-state index in [0.717, 1.165) is 26.4 Å². The molecule has 212 valence electrons. The number of fused-ring (bicyclic) bond motifs is 1. The average Bonchev–Trinajstić information content (AvgIpc) is 3.67. The van der Waals surface area contributed by atoms with Gasteiger partial charge in [0, 0.05) is 16.1 Å². The molecule has 1 unspecified atom stereocenters. The normalized spacial score (nSPS) is 12.0. The molecule has 0 aliphatic heterocycles. The summed E-state index contributed by atoms with van der Waals surface area (Å²) < 4.78 is 6.18. The lowest BCUT2D eigenvalue weighted by atomic mass is 10.2. The molecule has 0 saturated heterocycles. The Kier molecular flexibility index (Phi) is 9.32. The van der Waals surface area contributed by atoms with E-state index in [-0.39, 0.29) is 22.8 Å². The van der Waals surface area contributed by atoms with Crippen LogP contribution in [0.15, 0.2) is 100 Å². The summed E-state index contributed by atoms with van der Waals surface area (Å²) in [6.45, 7) is 1.82. The SMILES string of the molecule is COc1ccc2nc(NC(=O)C(C)Sc3ccc(NC(=O)/C(=C/c4ccsc4)NC(=O)c4ccccc4)cc3)sc2c1. The smallest absolute Gasteiger partial charge is 0.272 e. The Morgan fingerprint density at radius 1 is 0.976 bits per heavy atom. The summed E-state index contributed by atoms with van der Waals surface area (Å²) >= 11 is 4.28. The van der Waals surface area contributed by atoms with Gasteiger partial charge in [0.2, 0.25) is 5.91 Å². The molecule has 1 atom stereocenters. The molecule has 0 radical (unpaired) electrons. The van der Waals surface area contributed by atoms with Crippen molar-refractivity contribution in [1.29, 1.82) is 0 Å². The fraction of sp³-hybridized carbons (Fsp3) is 0.0968. The van der Waals surface area contributed by atoms with E-state index in [1.54, 1.807) is 49.6 Å². The summed E-state index contributed by atoms with van der Waals surface area (Å²) in [5, 5.41) is 12.4. The van der Waals surface area contributed by atoms with Crippen LogP contribution in [0.2, 0.25) is 0 Å². The Hall–Kier alpha value is -4.45. The highest BCUT2D eigenvalue weighted by atomic mass is 32.2. The Morgan fingerprint density at radius 3 is 2.48 bits per heavy atom. The van der Waals surface area contributed by atoms with Gasteiger partial charge in [0.05, 0.1) is 22.6 Å². The summed E-state index contributed by atoms with van der Waals surface area (Å²) in [6, 6.07) is 23.3. The van der Waals surface area contributed by atoms with Crippen LogP contribution in [0.25, 0.3) is 16.3 Å². The molecule has 0 spiro atoms. The molecule has 3 amide bonds. The number of nitrogens with one attached hydrogen (secondary N) is 3. The molecule has 5 rings (SSSR count). The maximum Gasteiger partial charge on any atom is 0.272 e. The Balaban J connectivity index is 1.20. The highest BCUT2D eigenvalue weighted by molar-refractivity contribution is 8.00. The quantitative estimate of drug-likeness (QED) is 0.117. The van der Waals surface area contributed by atoms with Gasteiger partial charge in [0.25, 0.3) is 11.8 Å². The Labute approximate surface area is 254 Å². The number of thioether (sulfide) groups is 1. The fourth-order valence-electron chi connectivity index (χ4n) is 3.83. The first-order valence-corrected chi connectivity index (χ1v) is 15.5. The van der Waals surface area contributed by atoms with Gasteiger partial charge >= 0.3 is 0 Å². The van der Waals surface area contributed by atoms with E-state index >= 15 is 0 Å². The van der Waals surface area contributed by atoms with E-state index in [1.807, 2.05) is 60.1 Å². The number of rotatable bonds is 10. The molecular weight excluding hydrogens is 589 g/mol. The average molecular weight is 615 g/mol. The third kappa shape index (κ3) is 7.43. The third-order valence-corrected chi connectivity index (χ3v) is 8.75. The second kappa shape index (κ2) is 13.5. The van der Waals surface area contributed by atoms with Crippen molar-refractivity contribution in [2.24, 2.45) is 0 Å². The monoisotopic (exact) mass is 614 g/mol. The van der Waals surface area contributed by atoms with Crippen molar-refractivity contribution >= 4 is 79.3 Å². The van der Waals surface area contributed by atoms with Gasteiger partial charge in [-0.25, -0.2) is 4.98 Å². The lowest BCUT2D eigenvalue weighted by molar-refractivity contribution is -0.115. The van der Waals surface area contributed by atoms with E-state index in [1.165, 1.54) is 34.4 Å². The van der Waals surface area contributed by atoms with Gasteiger partial charge in [-0.15, -0.1) is 11.8 Å².